The highest BCUT2D eigenvalue weighted by Crippen LogP contribution is 2.17. The van der Waals surface area contributed by atoms with Crippen LogP contribution in [0.4, 0.5) is 0 Å². The Morgan fingerprint density at radius 2 is 1.59 bits per heavy atom. The number of carbonyl (C=O) groups is 2. The number of carbonyl (C=O) groups excluding carboxylic acids is 1. The lowest BCUT2D eigenvalue weighted by Crippen LogP contribution is -2.42. The Kier molecular flexibility index (Phi) is 6.41. The van der Waals surface area contributed by atoms with Crippen molar-refractivity contribution in [1.29, 1.82) is 0 Å². The average molecular weight is 426 g/mol. The number of rotatable bonds is 8. The molecule has 0 aliphatic rings. The van der Waals surface area contributed by atoms with Crippen LogP contribution in [0.3, 0.4) is 0 Å². The van der Waals surface area contributed by atoms with Gasteiger partial charge in [0.2, 0.25) is 0 Å². The number of nitrogens with one attached hydrogen (secondary N) is 1. The van der Waals surface area contributed by atoms with Gasteiger partial charge in [0.05, 0.1) is 11.2 Å². The average Bonchev–Trinajstić information content (AvgIpc) is 2.83. The van der Waals surface area contributed by atoms with Crippen molar-refractivity contribution in [2.75, 3.05) is 0 Å². The van der Waals surface area contributed by atoms with Crippen molar-refractivity contribution in [2.24, 2.45) is 0 Å². The van der Waals surface area contributed by atoms with Gasteiger partial charge in [-0.1, -0.05) is 54.6 Å². The molecule has 0 spiro atoms. The van der Waals surface area contributed by atoms with Crippen LogP contribution in [0.5, 0.6) is 5.75 Å². The number of para-hydroxylation sites is 1. The van der Waals surface area contributed by atoms with Crippen molar-refractivity contribution < 1.29 is 19.4 Å². The molecule has 1 heterocycles. The van der Waals surface area contributed by atoms with E-state index in [1.807, 2.05) is 36.4 Å². The molecule has 2 N–H and O–H groups in total. The summed E-state index contributed by atoms with van der Waals surface area (Å²) in [5, 5.41) is 13.2. The highest BCUT2D eigenvalue weighted by molar-refractivity contribution is 5.96. The molecule has 1 amide bonds. The van der Waals surface area contributed by atoms with Gasteiger partial charge in [0, 0.05) is 17.4 Å². The third kappa shape index (κ3) is 5.29. The molecule has 4 aromatic rings. The lowest BCUT2D eigenvalue weighted by atomic mass is 10.1. The highest BCUT2D eigenvalue weighted by atomic mass is 16.5. The summed E-state index contributed by atoms with van der Waals surface area (Å²) in [5.74, 6) is -0.846. The Bertz CT molecular complexity index is 1220. The van der Waals surface area contributed by atoms with Crippen molar-refractivity contribution in [2.45, 2.75) is 19.1 Å². The monoisotopic (exact) mass is 426 g/mol. The fourth-order valence-electron chi connectivity index (χ4n) is 3.33. The number of fused-ring (bicyclic) bond motifs is 1. The van der Waals surface area contributed by atoms with Gasteiger partial charge in [-0.25, -0.2) is 9.78 Å². The topological polar surface area (TPSA) is 88.5 Å². The first-order valence-corrected chi connectivity index (χ1v) is 10.2. The van der Waals surface area contributed by atoms with E-state index in [1.165, 1.54) is 0 Å². The number of amides is 1. The maximum absolute atomic E-state index is 12.3. The molecule has 0 bridgehead atoms. The number of aliphatic carboxylic acids is 1. The van der Waals surface area contributed by atoms with Crippen molar-refractivity contribution in [3.63, 3.8) is 0 Å². The molecule has 0 saturated carbocycles. The molecule has 6 nitrogen and oxygen atoms in total. The van der Waals surface area contributed by atoms with Crippen molar-refractivity contribution in [1.82, 2.24) is 10.3 Å². The van der Waals surface area contributed by atoms with Crippen molar-refractivity contribution >= 4 is 22.8 Å². The molecule has 0 aliphatic heterocycles. The van der Waals surface area contributed by atoms with E-state index < -0.39 is 17.9 Å². The predicted molar refractivity (Wildman–Crippen MR) is 122 cm³/mol. The smallest absolute Gasteiger partial charge is 0.326 e. The Balaban J connectivity index is 1.36. The van der Waals surface area contributed by atoms with Crippen LogP contribution in [-0.2, 0) is 17.8 Å². The van der Waals surface area contributed by atoms with Gasteiger partial charge >= 0.3 is 5.97 Å². The number of carboxylic acid groups (broad SMARTS) is 1. The van der Waals surface area contributed by atoms with Gasteiger partial charge in [-0.05, 0) is 42.0 Å². The largest absolute Gasteiger partial charge is 0.487 e. The summed E-state index contributed by atoms with van der Waals surface area (Å²) < 4.78 is 5.82. The molecular formula is C26H22N2O4. The summed E-state index contributed by atoms with van der Waals surface area (Å²) in [6, 6.07) is 26.5. The van der Waals surface area contributed by atoms with Crippen LogP contribution in [0.1, 0.15) is 21.6 Å². The maximum atomic E-state index is 12.3. The summed E-state index contributed by atoms with van der Waals surface area (Å²) in [4.78, 5) is 28.5. The number of hydrogen-bond acceptors (Lipinski definition) is 4. The Morgan fingerprint density at radius 3 is 2.34 bits per heavy atom. The minimum Gasteiger partial charge on any atom is -0.487 e. The lowest BCUT2D eigenvalue weighted by molar-refractivity contribution is -0.139. The first kappa shape index (κ1) is 21.1. The van der Waals surface area contributed by atoms with E-state index in [9.17, 15) is 14.7 Å². The third-order valence-corrected chi connectivity index (χ3v) is 5.05. The molecule has 1 unspecified atom stereocenters. The van der Waals surface area contributed by atoms with E-state index in [1.54, 1.807) is 54.6 Å². The zero-order valence-electron chi connectivity index (χ0n) is 17.3. The van der Waals surface area contributed by atoms with Crippen LogP contribution in [0.25, 0.3) is 10.9 Å². The number of nitrogens with zero attached hydrogens (tertiary/aromatic N) is 1. The van der Waals surface area contributed by atoms with Gasteiger partial charge < -0.3 is 15.2 Å². The van der Waals surface area contributed by atoms with Gasteiger partial charge in [-0.3, -0.25) is 4.79 Å². The van der Waals surface area contributed by atoms with Gasteiger partial charge in [0.1, 0.15) is 18.4 Å². The second-order valence-electron chi connectivity index (χ2n) is 7.36. The van der Waals surface area contributed by atoms with Crippen molar-refractivity contribution in [3.8, 4) is 5.75 Å². The van der Waals surface area contributed by atoms with Crippen LogP contribution in [0, 0.1) is 0 Å². The Morgan fingerprint density at radius 1 is 0.875 bits per heavy atom. The van der Waals surface area contributed by atoms with Gasteiger partial charge in [0.15, 0.2) is 0 Å². The molecule has 160 valence electrons. The molecule has 3 aromatic carbocycles. The fourth-order valence-corrected chi connectivity index (χ4v) is 3.33. The number of carboxylic acids is 1. The van der Waals surface area contributed by atoms with Gasteiger partial charge in [-0.15, -0.1) is 0 Å². The number of aromatic nitrogens is 1. The summed E-state index contributed by atoms with van der Waals surface area (Å²) in [7, 11) is 0. The molecule has 6 heteroatoms. The zero-order chi connectivity index (χ0) is 22.3. The summed E-state index contributed by atoms with van der Waals surface area (Å²) in [6.45, 7) is 0.328. The van der Waals surface area contributed by atoms with Crippen LogP contribution < -0.4 is 10.1 Å². The van der Waals surface area contributed by atoms with Crippen LogP contribution in [0.15, 0.2) is 91.0 Å². The number of hydrogen-bond donors (Lipinski definition) is 2. The normalized spacial score (nSPS) is 11.6. The number of pyridine rings is 1. The molecule has 0 saturated heterocycles. The Labute approximate surface area is 185 Å². The second kappa shape index (κ2) is 9.75. The van der Waals surface area contributed by atoms with Crippen molar-refractivity contribution in [3.05, 3.63) is 108 Å². The minimum absolute atomic E-state index is 0.167. The number of benzene rings is 3. The maximum Gasteiger partial charge on any atom is 0.326 e. The summed E-state index contributed by atoms with van der Waals surface area (Å²) in [5.41, 5.74) is 2.94. The standard InChI is InChI=1S/C26H22N2O4/c29-25(20-7-2-1-3-8-20)28-24(26(30)31)16-18-10-14-22(15-11-18)32-17-21-13-12-19-6-4-5-9-23(19)27-21/h1-15,24H,16-17H2,(H,28,29)(H,30,31). The Hall–Kier alpha value is -4.19. The van der Waals surface area contributed by atoms with E-state index in [0.717, 1.165) is 22.2 Å². The molecule has 1 aromatic heterocycles. The molecule has 1 atom stereocenters. The van der Waals surface area contributed by atoms with Crippen LogP contribution >= 0.6 is 0 Å². The molecule has 0 aliphatic carbocycles. The first-order chi connectivity index (χ1) is 15.6. The van der Waals surface area contributed by atoms with E-state index in [4.69, 9.17) is 4.74 Å². The second-order valence-corrected chi connectivity index (χ2v) is 7.36. The highest BCUT2D eigenvalue weighted by Gasteiger charge is 2.21. The van der Waals surface area contributed by atoms with E-state index in [-0.39, 0.29) is 6.42 Å². The van der Waals surface area contributed by atoms with E-state index in [2.05, 4.69) is 10.3 Å². The zero-order valence-corrected chi connectivity index (χ0v) is 17.3. The molecule has 4 rings (SSSR count). The molecule has 0 radical (unpaired) electrons. The molecular weight excluding hydrogens is 404 g/mol. The van der Waals surface area contributed by atoms with E-state index in [0.29, 0.717) is 17.9 Å². The molecule has 32 heavy (non-hydrogen) atoms. The van der Waals surface area contributed by atoms with Gasteiger partial charge in [0.25, 0.3) is 5.91 Å². The first-order valence-electron chi connectivity index (χ1n) is 10.2. The predicted octanol–water partition coefficient (Wildman–Crippen LogP) is 4.24. The summed E-state index contributed by atoms with van der Waals surface area (Å²) >= 11 is 0. The quantitative estimate of drug-likeness (QED) is 0.440. The SMILES string of the molecule is O=C(NC(Cc1ccc(OCc2ccc3ccccc3n2)cc1)C(=O)O)c1ccccc1. The number of ether oxygens (including phenoxy) is 1. The lowest BCUT2D eigenvalue weighted by Gasteiger charge is -2.15. The van der Waals surface area contributed by atoms with Crippen LogP contribution in [-0.4, -0.2) is 28.0 Å². The van der Waals surface area contributed by atoms with Gasteiger partial charge in [-0.2, -0.15) is 0 Å². The minimum atomic E-state index is -1.09. The van der Waals surface area contributed by atoms with E-state index >= 15 is 0 Å². The molecule has 0 fully saturated rings. The summed E-state index contributed by atoms with van der Waals surface area (Å²) in [6.07, 6.45) is 0.167. The fraction of sp³-hybridized carbons (Fsp3) is 0.115. The third-order valence-electron chi connectivity index (χ3n) is 5.05. The van der Waals surface area contributed by atoms with Crippen LogP contribution in [0.2, 0.25) is 0 Å².